The summed E-state index contributed by atoms with van der Waals surface area (Å²) in [4.78, 5) is 80.1. The molecule has 0 aromatic carbocycles. The number of amides is 6. The lowest BCUT2D eigenvalue weighted by atomic mass is 10.0. The lowest BCUT2D eigenvalue weighted by Gasteiger charge is -2.26. The lowest BCUT2D eigenvalue weighted by Crippen LogP contribution is -2.59. The highest BCUT2D eigenvalue weighted by Gasteiger charge is 2.31. The minimum absolute atomic E-state index is 0.0359. The Balaban J connectivity index is 2.95. The summed E-state index contributed by atoms with van der Waals surface area (Å²) in [6.07, 6.45) is 1.31. The van der Waals surface area contributed by atoms with Gasteiger partial charge >= 0.3 is 6.09 Å². The second-order valence-electron chi connectivity index (χ2n) is 8.63. The first-order valence-electron chi connectivity index (χ1n) is 11.5. The second-order valence-corrected chi connectivity index (χ2v) is 9.36. The molecule has 0 radical (unpaired) electrons. The standard InChI is InChI=1S/C21H34N8O7S2/c1-9(2)15(20(34)27-13(6-37)16(22)30)29-17(31)10(3)25-18(32)12(4-11-5-23-8-24-11)26-19(33)14(7-38)28-21(35)36/h5,8-10,12-15,28,37-38H,4,6-7H2,1-3H3,(H2,22,30)(H,23,24)(H,25,32)(H,26,33)(H,27,34)(H,29,31)(H,35,36)/t10-,12-,13-,14-,15-/m0/s1. The second kappa shape index (κ2) is 15.7. The number of nitrogens with one attached hydrogen (secondary N) is 6. The van der Waals surface area contributed by atoms with Crippen LogP contribution in [0.25, 0.3) is 0 Å². The molecular formula is C21H34N8O7S2. The van der Waals surface area contributed by atoms with E-state index in [0.29, 0.717) is 5.69 Å². The van der Waals surface area contributed by atoms with Gasteiger partial charge in [-0.2, -0.15) is 25.3 Å². The Morgan fingerprint density at radius 3 is 1.92 bits per heavy atom. The van der Waals surface area contributed by atoms with Crippen molar-refractivity contribution in [2.24, 2.45) is 11.7 Å². The van der Waals surface area contributed by atoms with Gasteiger partial charge in [0.1, 0.15) is 30.2 Å². The Bertz CT molecular complexity index is 992. The fraction of sp³-hybridized carbons (Fsp3) is 0.571. The van der Waals surface area contributed by atoms with Crippen molar-refractivity contribution in [3.63, 3.8) is 0 Å². The molecule has 9 N–H and O–H groups in total. The number of nitrogens with two attached hydrogens (primary N) is 1. The smallest absolute Gasteiger partial charge is 0.405 e. The first kappa shape index (κ1) is 32.6. The third-order valence-electron chi connectivity index (χ3n) is 5.25. The molecule has 1 aromatic heterocycles. The number of primary amides is 1. The quantitative estimate of drug-likeness (QED) is 0.101. The monoisotopic (exact) mass is 574 g/mol. The van der Waals surface area contributed by atoms with Crippen LogP contribution >= 0.6 is 25.3 Å². The Labute approximate surface area is 230 Å². The number of hydrogen-bond acceptors (Lipinski definition) is 9. The number of nitrogens with zero attached hydrogens (tertiary/aromatic N) is 1. The van der Waals surface area contributed by atoms with Gasteiger partial charge in [-0.15, -0.1) is 0 Å². The number of imidazole rings is 1. The zero-order chi connectivity index (χ0) is 29.0. The summed E-state index contributed by atoms with van der Waals surface area (Å²) in [6, 6.07) is -5.69. The number of rotatable bonds is 15. The van der Waals surface area contributed by atoms with Crippen LogP contribution in [0.4, 0.5) is 4.79 Å². The number of carbonyl (C=O) groups excluding carboxylic acids is 5. The first-order valence-corrected chi connectivity index (χ1v) is 12.8. The highest BCUT2D eigenvalue weighted by atomic mass is 32.1. The van der Waals surface area contributed by atoms with E-state index in [2.05, 4.69) is 56.5 Å². The Hall–Kier alpha value is -3.47. The van der Waals surface area contributed by atoms with Crippen molar-refractivity contribution >= 4 is 60.9 Å². The van der Waals surface area contributed by atoms with Gasteiger partial charge in [-0.25, -0.2) is 9.78 Å². The molecular weight excluding hydrogens is 540 g/mol. The molecule has 0 fully saturated rings. The van der Waals surface area contributed by atoms with E-state index in [9.17, 15) is 28.8 Å². The molecule has 0 aliphatic rings. The SMILES string of the molecule is CC(C)[C@H](NC(=O)[C@H](C)NC(=O)[C@H](Cc1cnc[nH]1)NC(=O)[C@H](CS)NC(=O)O)C(=O)N[C@@H](CS)C(N)=O. The molecule has 0 aliphatic carbocycles. The number of carbonyl (C=O) groups is 6. The van der Waals surface area contributed by atoms with Crippen LogP contribution in [-0.2, 0) is 30.4 Å². The predicted octanol–water partition coefficient (Wildman–Crippen LogP) is -2.45. The number of H-pyrrole nitrogens is 1. The molecule has 38 heavy (non-hydrogen) atoms. The summed E-state index contributed by atoms with van der Waals surface area (Å²) >= 11 is 7.93. The van der Waals surface area contributed by atoms with Crippen molar-refractivity contribution in [1.82, 2.24) is 36.6 Å². The third-order valence-corrected chi connectivity index (χ3v) is 5.98. The third kappa shape index (κ3) is 10.5. The first-order chi connectivity index (χ1) is 17.8. The lowest BCUT2D eigenvalue weighted by molar-refractivity contribution is -0.134. The van der Waals surface area contributed by atoms with Crippen molar-refractivity contribution in [3.8, 4) is 0 Å². The van der Waals surface area contributed by atoms with Gasteiger partial charge < -0.3 is 42.4 Å². The molecule has 0 bridgehead atoms. The minimum Gasteiger partial charge on any atom is -0.465 e. The zero-order valence-electron chi connectivity index (χ0n) is 21.1. The molecule has 6 amide bonds. The Kier molecular flexibility index (Phi) is 13.5. The van der Waals surface area contributed by atoms with Crippen LogP contribution in [0, 0.1) is 5.92 Å². The van der Waals surface area contributed by atoms with Crippen molar-refractivity contribution in [2.45, 2.75) is 57.4 Å². The van der Waals surface area contributed by atoms with E-state index in [1.165, 1.54) is 19.4 Å². The van der Waals surface area contributed by atoms with Gasteiger partial charge in [0, 0.05) is 29.8 Å². The number of aromatic amines is 1. The molecule has 0 unspecified atom stereocenters. The summed E-state index contributed by atoms with van der Waals surface area (Å²) in [5.74, 6) is -4.29. The van der Waals surface area contributed by atoms with Crippen molar-refractivity contribution < 1.29 is 33.9 Å². The summed E-state index contributed by atoms with van der Waals surface area (Å²) in [7, 11) is 0. The van der Waals surface area contributed by atoms with Gasteiger partial charge in [-0.05, 0) is 12.8 Å². The molecule has 1 rings (SSSR count). The molecule has 0 aliphatic heterocycles. The number of carboxylic acid groups (broad SMARTS) is 1. The van der Waals surface area contributed by atoms with Crippen molar-refractivity contribution in [1.29, 1.82) is 0 Å². The normalized spacial score (nSPS) is 14.8. The molecule has 212 valence electrons. The van der Waals surface area contributed by atoms with Crippen LogP contribution in [0.2, 0.25) is 0 Å². The van der Waals surface area contributed by atoms with E-state index in [0.717, 1.165) is 0 Å². The Morgan fingerprint density at radius 1 is 0.868 bits per heavy atom. The maximum Gasteiger partial charge on any atom is 0.405 e. The van der Waals surface area contributed by atoms with Crippen LogP contribution in [0.15, 0.2) is 12.5 Å². The number of thiol groups is 2. The van der Waals surface area contributed by atoms with E-state index >= 15 is 0 Å². The van der Waals surface area contributed by atoms with E-state index in [1.54, 1.807) is 13.8 Å². The van der Waals surface area contributed by atoms with Gasteiger partial charge in [-0.3, -0.25) is 24.0 Å². The van der Waals surface area contributed by atoms with Crippen molar-refractivity contribution in [3.05, 3.63) is 18.2 Å². The van der Waals surface area contributed by atoms with Gasteiger partial charge in [0.25, 0.3) is 0 Å². The van der Waals surface area contributed by atoms with Gasteiger partial charge in [0.2, 0.25) is 29.5 Å². The molecule has 17 heteroatoms. The highest BCUT2D eigenvalue weighted by molar-refractivity contribution is 7.80. The zero-order valence-corrected chi connectivity index (χ0v) is 22.8. The highest BCUT2D eigenvalue weighted by Crippen LogP contribution is 2.05. The fourth-order valence-corrected chi connectivity index (χ4v) is 3.63. The van der Waals surface area contributed by atoms with Crippen LogP contribution in [0.3, 0.4) is 0 Å². The van der Waals surface area contributed by atoms with E-state index in [1.807, 2.05) is 5.32 Å². The van der Waals surface area contributed by atoms with Gasteiger partial charge in [-0.1, -0.05) is 13.8 Å². The maximum absolute atomic E-state index is 13.0. The van der Waals surface area contributed by atoms with E-state index in [4.69, 9.17) is 10.8 Å². The molecule has 0 saturated carbocycles. The summed E-state index contributed by atoms with van der Waals surface area (Å²) in [5.41, 5.74) is 5.71. The average Bonchev–Trinajstić information content (AvgIpc) is 3.35. The van der Waals surface area contributed by atoms with E-state index < -0.39 is 65.8 Å². The molecule has 5 atom stereocenters. The number of aromatic nitrogens is 2. The van der Waals surface area contributed by atoms with Gasteiger partial charge in [0.15, 0.2) is 0 Å². The minimum atomic E-state index is -1.45. The Morgan fingerprint density at radius 2 is 1.45 bits per heavy atom. The van der Waals surface area contributed by atoms with Gasteiger partial charge in [0.05, 0.1) is 6.33 Å². The van der Waals surface area contributed by atoms with Crippen LogP contribution in [-0.4, -0.2) is 92.4 Å². The van der Waals surface area contributed by atoms with Crippen LogP contribution in [0.1, 0.15) is 26.5 Å². The predicted molar refractivity (Wildman–Crippen MR) is 142 cm³/mol. The van der Waals surface area contributed by atoms with Crippen LogP contribution in [0.5, 0.6) is 0 Å². The summed E-state index contributed by atoms with van der Waals surface area (Å²) in [6.45, 7) is 4.72. The molecule has 15 nitrogen and oxygen atoms in total. The fourth-order valence-electron chi connectivity index (χ4n) is 3.10. The maximum atomic E-state index is 13.0. The van der Waals surface area contributed by atoms with Crippen molar-refractivity contribution in [2.75, 3.05) is 11.5 Å². The van der Waals surface area contributed by atoms with Crippen LogP contribution < -0.4 is 32.3 Å². The number of hydrogen-bond donors (Lipinski definition) is 10. The molecule has 0 spiro atoms. The summed E-state index contributed by atoms with van der Waals surface area (Å²) in [5, 5.41) is 20.8. The van der Waals surface area contributed by atoms with E-state index in [-0.39, 0.29) is 23.8 Å². The molecule has 1 aromatic rings. The largest absolute Gasteiger partial charge is 0.465 e. The summed E-state index contributed by atoms with van der Waals surface area (Å²) < 4.78 is 0. The topological polar surface area (TPSA) is 237 Å². The average molecular weight is 575 g/mol. The molecule has 0 saturated heterocycles. The molecule has 1 heterocycles.